The van der Waals surface area contributed by atoms with Crippen LogP contribution in [-0.2, 0) is 24.3 Å². The summed E-state index contributed by atoms with van der Waals surface area (Å²) in [6, 6.07) is 40.9. The third-order valence-corrected chi connectivity index (χ3v) is 7.83. The van der Waals surface area contributed by atoms with Gasteiger partial charge in [-0.15, -0.1) is 0 Å². The summed E-state index contributed by atoms with van der Waals surface area (Å²) in [4.78, 5) is 35.8. The van der Waals surface area contributed by atoms with E-state index in [0.29, 0.717) is 36.3 Å². The molecule has 0 aliphatic carbocycles. The first-order chi connectivity index (χ1) is 22.3. The quantitative estimate of drug-likeness (QED) is 0.0780. The first-order valence-electron chi connectivity index (χ1n) is 15.3. The number of carbonyl (C=O) groups is 2. The third-order valence-electron chi connectivity index (χ3n) is 7.83. The van der Waals surface area contributed by atoms with Crippen LogP contribution in [0.15, 0.2) is 133 Å². The fraction of sp³-hybridized carbons (Fsp3) is 0.175. The number of hydrogen-bond acceptors (Lipinski definition) is 6. The molecule has 0 radical (unpaired) electrons. The molecule has 232 valence electrons. The predicted molar refractivity (Wildman–Crippen MR) is 187 cm³/mol. The molecular formula is C40H39N3O3. The van der Waals surface area contributed by atoms with E-state index in [9.17, 15) is 9.59 Å². The fourth-order valence-electron chi connectivity index (χ4n) is 5.04. The molecule has 5 rings (SSSR count). The molecule has 6 heteroatoms. The highest BCUT2D eigenvalue weighted by Crippen LogP contribution is 2.19. The second-order valence-corrected chi connectivity index (χ2v) is 11.7. The van der Waals surface area contributed by atoms with Crippen molar-refractivity contribution >= 4 is 28.7 Å². The molecule has 5 aromatic rings. The molecule has 6 nitrogen and oxygen atoms in total. The summed E-state index contributed by atoms with van der Waals surface area (Å²) in [5.74, 6) is 0.133. The Morgan fingerprint density at radius 3 is 1.28 bits per heavy atom. The van der Waals surface area contributed by atoms with Crippen LogP contribution in [0.2, 0.25) is 0 Å². The van der Waals surface area contributed by atoms with Crippen molar-refractivity contribution in [3.05, 3.63) is 166 Å². The van der Waals surface area contributed by atoms with Crippen LogP contribution in [0, 0.1) is 0 Å². The molecule has 0 amide bonds. The van der Waals surface area contributed by atoms with Crippen molar-refractivity contribution in [1.29, 1.82) is 0 Å². The van der Waals surface area contributed by atoms with Crippen LogP contribution >= 0.6 is 0 Å². The maximum absolute atomic E-state index is 13.0. The van der Waals surface area contributed by atoms with Gasteiger partial charge < -0.3 is 14.6 Å². The van der Waals surface area contributed by atoms with E-state index in [-0.39, 0.29) is 11.6 Å². The molecule has 0 aliphatic rings. The van der Waals surface area contributed by atoms with Gasteiger partial charge in [0, 0.05) is 74.7 Å². The normalized spacial score (nSPS) is 10.6. The highest BCUT2D eigenvalue weighted by atomic mass is 16.6. The van der Waals surface area contributed by atoms with Gasteiger partial charge in [-0.2, -0.15) is 0 Å². The fourth-order valence-corrected chi connectivity index (χ4v) is 5.04. The Labute approximate surface area is 271 Å². The van der Waals surface area contributed by atoms with E-state index in [1.54, 1.807) is 0 Å². The Balaban J connectivity index is 1.32. The highest BCUT2D eigenvalue weighted by Gasteiger charge is 2.13. The topological polar surface area (TPSA) is 62.2 Å². The van der Waals surface area contributed by atoms with Gasteiger partial charge in [0.1, 0.15) is 12.3 Å². The molecule has 0 unspecified atom stereocenters. The smallest absolute Gasteiger partial charge is 0.167 e. The standard InChI is InChI=1S/C40H39N3O3/c1-42(2)36-22-18-32(19-23-36)38(44)26-29-10-14-34(15-11-29)40(41-46-28-31-8-6-5-7-9-31)35-16-12-30(13-17-35)27-39(45)33-20-24-37(25-21-33)43(3)4/h5-25H,26-28H2,1-4H3. The lowest BCUT2D eigenvalue weighted by molar-refractivity contribution is 0.0985. The maximum Gasteiger partial charge on any atom is 0.167 e. The molecule has 0 bridgehead atoms. The zero-order valence-corrected chi connectivity index (χ0v) is 26.8. The zero-order chi connectivity index (χ0) is 32.5. The van der Waals surface area contributed by atoms with E-state index in [0.717, 1.165) is 39.2 Å². The van der Waals surface area contributed by atoms with Gasteiger partial charge in [-0.05, 0) is 65.2 Å². The number of Topliss-reactive ketones (excluding diaryl/α,β-unsaturated/α-hetero) is 2. The van der Waals surface area contributed by atoms with Gasteiger partial charge in [0.05, 0.1) is 0 Å². The third kappa shape index (κ3) is 8.36. The molecule has 0 atom stereocenters. The molecule has 0 fully saturated rings. The SMILES string of the molecule is CN(C)c1ccc(C(=O)Cc2ccc(C(=NOCc3ccccc3)c3ccc(CC(=O)c4ccc(N(C)C)cc4)cc3)cc2)cc1. The summed E-state index contributed by atoms with van der Waals surface area (Å²) < 4.78 is 0. The van der Waals surface area contributed by atoms with E-state index >= 15 is 0 Å². The Morgan fingerprint density at radius 2 is 0.891 bits per heavy atom. The summed E-state index contributed by atoms with van der Waals surface area (Å²) in [6.45, 7) is 0.336. The van der Waals surface area contributed by atoms with Gasteiger partial charge in [0.2, 0.25) is 0 Å². The van der Waals surface area contributed by atoms with Crippen molar-refractivity contribution in [2.75, 3.05) is 38.0 Å². The molecule has 5 aromatic carbocycles. The number of anilines is 2. The summed E-state index contributed by atoms with van der Waals surface area (Å²) >= 11 is 0. The van der Waals surface area contributed by atoms with Crippen LogP contribution in [0.25, 0.3) is 0 Å². The Hall–Kier alpha value is -5.49. The monoisotopic (exact) mass is 609 g/mol. The van der Waals surface area contributed by atoms with Crippen molar-refractivity contribution in [1.82, 2.24) is 0 Å². The van der Waals surface area contributed by atoms with Gasteiger partial charge in [0.15, 0.2) is 11.6 Å². The molecule has 0 spiro atoms. The number of oxime groups is 1. The molecule has 0 N–H and O–H groups in total. The average molecular weight is 610 g/mol. The first-order valence-corrected chi connectivity index (χ1v) is 15.3. The minimum atomic E-state index is 0.0666. The minimum Gasteiger partial charge on any atom is -0.390 e. The van der Waals surface area contributed by atoms with Crippen molar-refractivity contribution < 1.29 is 14.4 Å². The number of rotatable bonds is 13. The number of ketones is 2. The molecular weight excluding hydrogens is 570 g/mol. The van der Waals surface area contributed by atoms with Crippen LogP contribution in [-0.4, -0.2) is 45.5 Å². The van der Waals surface area contributed by atoms with E-state index in [2.05, 4.69) is 5.16 Å². The second-order valence-electron chi connectivity index (χ2n) is 11.7. The number of carbonyl (C=O) groups excluding carboxylic acids is 2. The van der Waals surface area contributed by atoms with Crippen molar-refractivity contribution in [3.8, 4) is 0 Å². The van der Waals surface area contributed by atoms with Crippen molar-refractivity contribution in [2.45, 2.75) is 19.4 Å². The van der Waals surface area contributed by atoms with Gasteiger partial charge in [-0.1, -0.05) is 84.0 Å². The van der Waals surface area contributed by atoms with Crippen LogP contribution in [0.3, 0.4) is 0 Å². The molecule has 0 aromatic heterocycles. The predicted octanol–water partition coefficient (Wildman–Crippen LogP) is 7.64. The minimum absolute atomic E-state index is 0.0666. The van der Waals surface area contributed by atoms with Crippen LogP contribution in [0.1, 0.15) is 48.5 Å². The van der Waals surface area contributed by atoms with Gasteiger partial charge in [0.25, 0.3) is 0 Å². The Morgan fingerprint density at radius 1 is 0.500 bits per heavy atom. The van der Waals surface area contributed by atoms with Gasteiger partial charge in [-0.3, -0.25) is 9.59 Å². The van der Waals surface area contributed by atoms with Crippen molar-refractivity contribution in [3.63, 3.8) is 0 Å². The van der Waals surface area contributed by atoms with Crippen LogP contribution < -0.4 is 9.80 Å². The number of benzene rings is 5. The summed E-state index contributed by atoms with van der Waals surface area (Å²) in [5, 5.41) is 4.56. The summed E-state index contributed by atoms with van der Waals surface area (Å²) in [5.41, 5.74) is 8.74. The molecule has 0 saturated carbocycles. The van der Waals surface area contributed by atoms with E-state index in [1.807, 2.05) is 165 Å². The molecule has 0 saturated heterocycles. The average Bonchev–Trinajstić information content (AvgIpc) is 3.08. The van der Waals surface area contributed by atoms with E-state index in [4.69, 9.17) is 4.84 Å². The van der Waals surface area contributed by atoms with E-state index in [1.165, 1.54) is 0 Å². The van der Waals surface area contributed by atoms with Crippen LogP contribution in [0.5, 0.6) is 0 Å². The number of nitrogens with zero attached hydrogens (tertiary/aromatic N) is 3. The highest BCUT2D eigenvalue weighted by molar-refractivity contribution is 6.12. The summed E-state index contributed by atoms with van der Waals surface area (Å²) in [7, 11) is 7.91. The summed E-state index contributed by atoms with van der Waals surface area (Å²) in [6.07, 6.45) is 0.609. The molecule has 0 heterocycles. The second kappa shape index (κ2) is 15.0. The Bertz CT molecular complexity index is 1660. The first kappa shape index (κ1) is 31.9. The zero-order valence-electron chi connectivity index (χ0n) is 26.8. The van der Waals surface area contributed by atoms with Crippen molar-refractivity contribution in [2.24, 2.45) is 5.16 Å². The maximum atomic E-state index is 13.0. The van der Waals surface area contributed by atoms with Gasteiger partial charge >= 0.3 is 0 Å². The molecule has 46 heavy (non-hydrogen) atoms. The number of hydrogen-bond donors (Lipinski definition) is 0. The molecule has 0 aliphatic heterocycles. The largest absolute Gasteiger partial charge is 0.390 e. The lowest BCUT2D eigenvalue weighted by Gasteiger charge is -2.13. The van der Waals surface area contributed by atoms with Gasteiger partial charge in [-0.25, -0.2) is 0 Å². The lowest BCUT2D eigenvalue weighted by atomic mass is 9.96. The lowest BCUT2D eigenvalue weighted by Crippen LogP contribution is -2.10. The van der Waals surface area contributed by atoms with Crippen LogP contribution in [0.4, 0.5) is 11.4 Å². The Kier molecular flexibility index (Phi) is 10.4. The van der Waals surface area contributed by atoms with E-state index < -0.39 is 0 Å².